The molecule has 0 aliphatic carbocycles. The van der Waals surface area contributed by atoms with Gasteiger partial charge in [-0.1, -0.05) is 6.07 Å². The maximum Gasteiger partial charge on any atom is 0.128 e. The molecule has 3 heterocycles. The van der Waals surface area contributed by atoms with E-state index in [2.05, 4.69) is 39.2 Å². The second-order valence-corrected chi connectivity index (χ2v) is 6.04. The zero-order valence-corrected chi connectivity index (χ0v) is 12.5. The summed E-state index contributed by atoms with van der Waals surface area (Å²) in [6, 6.07) is 6.90. The number of piperazine rings is 1. The number of anilines is 1. The van der Waals surface area contributed by atoms with Gasteiger partial charge in [0.05, 0.1) is 0 Å². The van der Waals surface area contributed by atoms with Gasteiger partial charge < -0.3 is 10.2 Å². The number of nitrogens with zero attached hydrogens (tertiary/aromatic N) is 3. The Morgan fingerprint density at radius 2 is 1.90 bits per heavy atom. The fraction of sp³-hybridized carbons (Fsp3) is 0.688. The lowest BCUT2D eigenvalue weighted by Crippen LogP contribution is -2.52. The lowest BCUT2D eigenvalue weighted by molar-refractivity contribution is 0.126. The highest BCUT2D eigenvalue weighted by Gasteiger charge is 2.27. The first-order chi connectivity index (χ1) is 9.84. The van der Waals surface area contributed by atoms with Gasteiger partial charge >= 0.3 is 0 Å². The van der Waals surface area contributed by atoms with Crippen LogP contribution < -0.4 is 10.2 Å². The van der Waals surface area contributed by atoms with Crippen molar-refractivity contribution in [2.24, 2.45) is 5.92 Å². The molecule has 0 saturated carbocycles. The van der Waals surface area contributed by atoms with Crippen LogP contribution in [0.25, 0.3) is 0 Å². The van der Waals surface area contributed by atoms with Gasteiger partial charge in [-0.05, 0) is 50.9 Å². The molecule has 0 bridgehead atoms. The molecule has 4 heteroatoms. The van der Waals surface area contributed by atoms with Crippen LogP contribution in [0.2, 0.25) is 0 Å². The van der Waals surface area contributed by atoms with Gasteiger partial charge in [-0.15, -0.1) is 0 Å². The molecule has 4 nitrogen and oxygen atoms in total. The Bertz CT molecular complexity index is 394. The average Bonchev–Trinajstić information content (AvgIpc) is 2.56. The van der Waals surface area contributed by atoms with Gasteiger partial charge in [0.25, 0.3) is 0 Å². The van der Waals surface area contributed by atoms with E-state index in [4.69, 9.17) is 0 Å². The second-order valence-electron chi connectivity index (χ2n) is 6.04. The molecular weight excluding hydrogens is 248 g/mol. The van der Waals surface area contributed by atoms with Crippen molar-refractivity contribution < 1.29 is 0 Å². The summed E-state index contributed by atoms with van der Waals surface area (Å²) in [6.45, 7) is 9.36. The third-order valence-electron chi connectivity index (χ3n) is 4.93. The predicted molar refractivity (Wildman–Crippen MR) is 83.1 cm³/mol. The first-order valence-corrected chi connectivity index (χ1v) is 7.95. The third-order valence-corrected chi connectivity index (χ3v) is 4.93. The number of nitrogens with one attached hydrogen (secondary N) is 1. The number of pyridine rings is 1. The Kier molecular flexibility index (Phi) is 4.53. The fourth-order valence-electron chi connectivity index (χ4n) is 3.52. The molecule has 0 amide bonds. The Morgan fingerprint density at radius 1 is 1.15 bits per heavy atom. The highest BCUT2D eigenvalue weighted by molar-refractivity contribution is 5.38. The van der Waals surface area contributed by atoms with Crippen molar-refractivity contribution in [1.82, 2.24) is 15.2 Å². The van der Waals surface area contributed by atoms with Crippen molar-refractivity contribution in [1.29, 1.82) is 0 Å². The Hall–Kier alpha value is -1.13. The van der Waals surface area contributed by atoms with Gasteiger partial charge in [-0.25, -0.2) is 4.98 Å². The zero-order valence-electron chi connectivity index (χ0n) is 12.5. The first kappa shape index (κ1) is 13.8. The summed E-state index contributed by atoms with van der Waals surface area (Å²) in [5.74, 6) is 2.00. The van der Waals surface area contributed by atoms with Crippen LogP contribution in [-0.2, 0) is 0 Å². The topological polar surface area (TPSA) is 31.4 Å². The van der Waals surface area contributed by atoms with E-state index >= 15 is 0 Å². The summed E-state index contributed by atoms with van der Waals surface area (Å²) in [5.41, 5.74) is 0. The van der Waals surface area contributed by atoms with E-state index in [0.29, 0.717) is 0 Å². The largest absolute Gasteiger partial charge is 0.354 e. The summed E-state index contributed by atoms with van der Waals surface area (Å²) in [4.78, 5) is 9.55. The van der Waals surface area contributed by atoms with E-state index in [0.717, 1.165) is 30.9 Å². The van der Waals surface area contributed by atoms with E-state index in [-0.39, 0.29) is 0 Å². The van der Waals surface area contributed by atoms with Crippen LogP contribution in [0.1, 0.15) is 19.8 Å². The van der Waals surface area contributed by atoms with Crippen LogP contribution in [0.15, 0.2) is 24.4 Å². The molecular formula is C16H26N4. The minimum Gasteiger partial charge on any atom is -0.354 e. The molecule has 0 spiro atoms. The molecule has 2 saturated heterocycles. The molecule has 1 aromatic heterocycles. The molecule has 2 aliphatic rings. The Balaban J connectivity index is 1.53. The van der Waals surface area contributed by atoms with Crippen molar-refractivity contribution in [2.75, 3.05) is 44.2 Å². The zero-order chi connectivity index (χ0) is 13.8. The molecule has 20 heavy (non-hydrogen) atoms. The highest BCUT2D eigenvalue weighted by Crippen LogP contribution is 2.22. The van der Waals surface area contributed by atoms with E-state index in [1.54, 1.807) is 0 Å². The SMILES string of the molecule is CC(C1CCNCC1)N1CCN(c2ccccn2)CC1. The van der Waals surface area contributed by atoms with Gasteiger partial charge in [0.15, 0.2) is 0 Å². The van der Waals surface area contributed by atoms with E-state index in [9.17, 15) is 0 Å². The second kappa shape index (κ2) is 6.55. The predicted octanol–water partition coefficient (Wildman–Crippen LogP) is 1.59. The van der Waals surface area contributed by atoms with Crippen molar-refractivity contribution in [3.63, 3.8) is 0 Å². The maximum atomic E-state index is 4.46. The van der Waals surface area contributed by atoms with E-state index < -0.39 is 0 Å². The highest BCUT2D eigenvalue weighted by atomic mass is 15.3. The molecule has 1 atom stereocenters. The molecule has 1 N–H and O–H groups in total. The van der Waals surface area contributed by atoms with Crippen LogP contribution >= 0.6 is 0 Å². The quantitative estimate of drug-likeness (QED) is 0.907. The first-order valence-electron chi connectivity index (χ1n) is 7.95. The minimum atomic E-state index is 0.725. The average molecular weight is 274 g/mol. The summed E-state index contributed by atoms with van der Waals surface area (Å²) in [6.07, 6.45) is 4.56. The van der Waals surface area contributed by atoms with Gasteiger partial charge in [0.2, 0.25) is 0 Å². The molecule has 3 rings (SSSR count). The van der Waals surface area contributed by atoms with Crippen LogP contribution in [0.4, 0.5) is 5.82 Å². The lowest BCUT2D eigenvalue weighted by Gasteiger charge is -2.42. The molecule has 2 aliphatic heterocycles. The minimum absolute atomic E-state index is 0.725. The normalized spacial score (nSPS) is 23.8. The summed E-state index contributed by atoms with van der Waals surface area (Å²) in [7, 11) is 0. The maximum absolute atomic E-state index is 4.46. The van der Waals surface area contributed by atoms with Crippen molar-refractivity contribution in [2.45, 2.75) is 25.8 Å². The third kappa shape index (κ3) is 3.13. The number of aromatic nitrogens is 1. The van der Waals surface area contributed by atoms with Crippen molar-refractivity contribution in [3.8, 4) is 0 Å². The molecule has 0 aromatic carbocycles. The van der Waals surface area contributed by atoms with Crippen molar-refractivity contribution in [3.05, 3.63) is 24.4 Å². The van der Waals surface area contributed by atoms with Gasteiger partial charge in [-0.3, -0.25) is 4.90 Å². The fourth-order valence-corrected chi connectivity index (χ4v) is 3.52. The monoisotopic (exact) mass is 274 g/mol. The molecule has 110 valence electrons. The van der Waals surface area contributed by atoms with E-state index in [1.165, 1.54) is 39.0 Å². The standard InChI is InChI=1S/C16H26N4/c1-14(15-5-8-17-9-6-15)19-10-12-20(13-11-19)16-4-2-3-7-18-16/h2-4,7,14-15,17H,5-6,8-13H2,1H3. The number of rotatable bonds is 3. The lowest BCUT2D eigenvalue weighted by atomic mass is 9.90. The summed E-state index contributed by atoms with van der Waals surface area (Å²) < 4.78 is 0. The van der Waals surface area contributed by atoms with E-state index in [1.807, 2.05) is 12.3 Å². The van der Waals surface area contributed by atoms with Gasteiger partial charge in [0, 0.05) is 38.4 Å². The van der Waals surface area contributed by atoms with Gasteiger partial charge in [0.1, 0.15) is 5.82 Å². The summed E-state index contributed by atoms with van der Waals surface area (Å²) >= 11 is 0. The number of hydrogen-bond acceptors (Lipinski definition) is 4. The molecule has 1 aromatic rings. The molecule has 1 unspecified atom stereocenters. The van der Waals surface area contributed by atoms with Crippen LogP contribution in [0.5, 0.6) is 0 Å². The van der Waals surface area contributed by atoms with Crippen LogP contribution in [0.3, 0.4) is 0 Å². The van der Waals surface area contributed by atoms with Gasteiger partial charge in [-0.2, -0.15) is 0 Å². The summed E-state index contributed by atoms with van der Waals surface area (Å²) in [5, 5.41) is 3.47. The molecule has 2 fully saturated rings. The number of piperidine rings is 1. The Morgan fingerprint density at radius 3 is 2.55 bits per heavy atom. The van der Waals surface area contributed by atoms with Crippen molar-refractivity contribution >= 4 is 5.82 Å². The number of hydrogen-bond donors (Lipinski definition) is 1. The smallest absolute Gasteiger partial charge is 0.128 e. The van der Waals surface area contributed by atoms with Crippen LogP contribution in [0, 0.1) is 5.92 Å². The Labute approximate surface area is 122 Å². The molecule has 0 radical (unpaired) electrons. The van der Waals surface area contributed by atoms with Crippen LogP contribution in [-0.4, -0.2) is 55.2 Å².